The van der Waals surface area contributed by atoms with Crippen molar-refractivity contribution >= 4 is 12.0 Å². The molecule has 0 aliphatic carbocycles. The van der Waals surface area contributed by atoms with Gasteiger partial charge in [-0.25, -0.2) is 9.48 Å². The van der Waals surface area contributed by atoms with Gasteiger partial charge >= 0.3 is 12.0 Å². The van der Waals surface area contributed by atoms with Crippen LogP contribution in [0.25, 0.3) is 0 Å². The Labute approximate surface area is 104 Å². The zero-order chi connectivity index (χ0) is 13.5. The highest BCUT2D eigenvalue weighted by atomic mass is 16.4. The SMILES string of the molecule is C=C(C)CNC(=O)NCc1cn(CC(=O)O)nn1. The smallest absolute Gasteiger partial charge is 0.325 e. The Bertz CT molecular complexity index is 454. The summed E-state index contributed by atoms with van der Waals surface area (Å²) in [6.45, 7) is 5.78. The number of aromatic nitrogens is 3. The molecule has 0 saturated heterocycles. The maximum absolute atomic E-state index is 11.3. The molecule has 1 aromatic heterocycles. The van der Waals surface area contributed by atoms with E-state index in [1.54, 1.807) is 6.92 Å². The second kappa shape index (κ2) is 6.38. The van der Waals surface area contributed by atoms with Crippen molar-refractivity contribution in [3.05, 3.63) is 24.0 Å². The fourth-order valence-corrected chi connectivity index (χ4v) is 1.10. The zero-order valence-corrected chi connectivity index (χ0v) is 10.0. The van der Waals surface area contributed by atoms with E-state index in [9.17, 15) is 9.59 Å². The van der Waals surface area contributed by atoms with Gasteiger partial charge in [0.15, 0.2) is 0 Å². The number of rotatable bonds is 6. The first-order valence-corrected chi connectivity index (χ1v) is 5.24. The predicted molar refractivity (Wildman–Crippen MR) is 62.7 cm³/mol. The molecule has 8 heteroatoms. The number of nitrogens with one attached hydrogen (secondary N) is 2. The minimum atomic E-state index is -1.00. The van der Waals surface area contributed by atoms with Crippen LogP contribution in [0.4, 0.5) is 4.79 Å². The van der Waals surface area contributed by atoms with Crippen LogP contribution in [0.15, 0.2) is 18.3 Å². The highest BCUT2D eigenvalue weighted by molar-refractivity contribution is 5.74. The third-order valence-corrected chi connectivity index (χ3v) is 1.86. The van der Waals surface area contributed by atoms with Crippen LogP contribution in [0.1, 0.15) is 12.6 Å². The number of carboxylic acid groups (broad SMARTS) is 1. The highest BCUT2D eigenvalue weighted by Crippen LogP contribution is 1.92. The lowest BCUT2D eigenvalue weighted by Crippen LogP contribution is -2.35. The molecule has 8 nitrogen and oxygen atoms in total. The van der Waals surface area contributed by atoms with Crippen molar-refractivity contribution in [2.45, 2.75) is 20.0 Å². The molecule has 0 spiro atoms. The first-order valence-electron chi connectivity index (χ1n) is 5.24. The molecule has 3 N–H and O–H groups in total. The average molecular weight is 253 g/mol. The second-order valence-electron chi connectivity index (χ2n) is 3.79. The van der Waals surface area contributed by atoms with Crippen molar-refractivity contribution < 1.29 is 14.7 Å². The van der Waals surface area contributed by atoms with Gasteiger partial charge in [-0.05, 0) is 6.92 Å². The van der Waals surface area contributed by atoms with Crippen molar-refractivity contribution in [1.82, 2.24) is 25.6 Å². The minimum absolute atomic E-state index is 0.182. The molecule has 0 aromatic carbocycles. The summed E-state index contributed by atoms with van der Waals surface area (Å²) in [5.74, 6) is -1.00. The van der Waals surface area contributed by atoms with Crippen LogP contribution in [0, 0.1) is 0 Å². The molecule has 0 aliphatic rings. The van der Waals surface area contributed by atoms with Crippen LogP contribution >= 0.6 is 0 Å². The molecule has 0 radical (unpaired) electrons. The largest absolute Gasteiger partial charge is 0.480 e. The van der Waals surface area contributed by atoms with E-state index in [1.165, 1.54) is 10.9 Å². The lowest BCUT2D eigenvalue weighted by atomic mass is 10.3. The summed E-state index contributed by atoms with van der Waals surface area (Å²) in [4.78, 5) is 21.7. The summed E-state index contributed by atoms with van der Waals surface area (Å²) in [6.07, 6.45) is 1.47. The Hall–Kier alpha value is -2.38. The summed E-state index contributed by atoms with van der Waals surface area (Å²) in [7, 11) is 0. The Morgan fingerprint density at radius 3 is 2.83 bits per heavy atom. The van der Waals surface area contributed by atoms with E-state index in [-0.39, 0.29) is 19.1 Å². The third-order valence-electron chi connectivity index (χ3n) is 1.86. The fourth-order valence-electron chi connectivity index (χ4n) is 1.10. The van der Waals surface area contributed by atoms with Crippen molar-refractivity contribution in [1.29, 1.82) is 0 Å². The first kappa shape index (κ1) is 13.7. The molecule has 2 amide bonds. The summed E-state index contributed by atoms with van der Waals surface area (Å²) < 4.78 is 1.19. The minimum Gasteiger partial charge on any atom is -0.480 e. The molecule has 18 heavy (non-hydrogen) atoms. The molecule has 0 bridgehead atoms. The van der Waals surface area contributed by atoms with Gasteiger partial charge in [-0.1, -0.05) is 17.4 Å². The molecule has 0 fully saturated rings. The maximum Gasteiger partial charge on any atom is 0.325 e. The van der Waals surface area contributed by atoms with E-state index in [0.29, 0.717) is 12.2 Å². The number of hydrogen-bond acceptors (Lipinski definition) is 4. The van der Waals surface area contributed by atoms with Gasteiger partial charge < -0.3 is 15.7 Å². The van der Waals surface area contributed by atoms with Gasteiger partial charge in [0, 0.05) is 6.54 Å². The quantitative estimate of drug-likeness (QED) is 0.605. The van der Waals surface area contributed by atoms with Crippen LogP contribution in [-0.2, 0) is 17.9 Å². The number of carboxylic acids is 1. The zero-order valence-electron chi connectivity index (χ0n) is 10.0. The van der Waals surface area contributed by atoms with E-state index in [0.717, 1.165) is 5.57 Å². The number of carbonyl (C=O) groups is 2. The number of amides is 2. The Morgan fingerprint density at radius 1 is 1.50 bits per heavy atom. The van der Waals surface area contributed by atoms with Crippen LogP contribution in [-0.4, -0.2) is 38.6 Å². The van der Waals surface area contributed by atoms with Gasteiger partial charge in [-0.2, -0.15) is 0 Å². The first-order chi connectivity index (χ1) is 8.47. The summed E-state index contributed by atoms with van der Waals surface area (Å²) in [5.41, 5.74) is 1.33. The molecule has 1 rings (SSSR count). The maximum atomic E-state index is 11.3. The van der Waals surface area contributed by atoms with E-state index < -0.39 is 5.97 Å². The molecule has 0 atom stereocenters. The van der Waals surface area contributed by atoms with E-state index >= 15 is 0 Å². The molecule has 1 aromatic rings. The topological polar surface area (TPSA) is 109 Å². The predicted octanol–water partition coefficient (Wildman–Crippen LogP) is -0.262. The van der Waals surface area contributed by atoms with Gasteiger partial charge in [-0.15, -0.1) is 5.10 Å². The number of hydrogen-bond donors (Lipinski definition) is 3. The molecule has 0 unspecified atom stereocenters. The van der Waals surface area contributed by atoms with Crippen LogP contribution in [0.5, 0.6) is 0 Å². The lowest BCUT2D eigenvalue weighted by Gasteiger charge is -2.05. The lowest BCUT2D eigenvalue weighted by molar-refractivity contribution is -0.137. The van der Waals surface area contributed by atoms with Crippen LogP contribution in [0.3, 0.4) is 0 Å². The molecule has 98 valence electrons. The normalized spacial score (nSPS) is 9.83. The molecular weight excluding hydrogens is 238 g/mol. The van der Waals surface area contributed by atoms with E-state index in [4.69, 9.17) is 5.11 Å². The number of nitrogens with zero attached hydrogens (tertiary/aromatic N) is 3. The third kappa shape index (κ3) is 5.10. The molecule has 0 saturated carbocycles. The van der Waals surface area contributed by atoms with Gasteiger partial charge in [0.1, 0.15) is 12.2 Å². The van der Waals surface area contributed by atoms with Gasteiger partial charge in [0.05, 0.1) is 12.7 Å². The van der Waals surface area contributed by atoms with Gasteiger partial charge in [0.2, 0.25) is 0 Å². The van der Waals surface area contributed by atoms with Gasteiger partial charge in [0.25, 0.3) is 0 Å². The summed E-state index contributed by atoms with van der Waals surface area (Å²) in [6, 6.07) is -0.342. The fraction of sp³-hybridized carbons (Fsp3) is 0.400. The molecule has 0 aliphatic heterocycles. The number of urea groups is 1. The Morgan fingerprint density at radius 2 is 2.22 bits per heavy atom. The Balaban J connectivity index is 2.34. The molecule has 1 heterocycles. The number of aliphatic carboxylic acids is 1. The average Bonchev–Trinajstić information content (AvgIpc) is 2.70. The van der Waals surface area contributed by atoms with E-state index in [2.05, 4.69) is 27.5 Å². The van der Waals surface area contributed by atoms with Crippen molar-refractivity contribution in [2.24, 2.45) is 0 Å². The van der Waals surface area contributed by atoms with Crippen LogP contribution in [0.2, 0.25) is 0 Å². The van der Waals surface area contributed by atoms with Gasteiger partial charge in [-0.3, -0.25) is 4.79 Å². The monoisotopic (exact) mass is 253 g/mol. The van der Waals surface area contributed by atoms with Crippen LogP contribution < -0.4 is 10.6 Å². The van der Waals surface area contributed by atoms with Crippen molar-refractivity contribution in [2.75, 3.05) is 6.54 Å². The Kier molecular flexibility index (Phi) is 4.85. The van der Waals surface area contributed by atoms with E-state index in [1.807, 2.05) is 0 Å². The second-order valence-corrected chi connectivity index (χ2v) is 3.79. The van der Waals surface area contributed by atoms with Crippen molar-refractivity contribution in [3.8, 4) is 0 Å². The van der Waals surface area contributed by atoms with Crippen molar-refractivity contribution in [3.63, 3.8) is 0 Å². The number of carbonyl (C=O) groups excluding carboxylic acids is 1. The standard InChI is InChI=1S/C10H15N5O3/c1-7(2)3-11-10(18)12-4-8-5-15(14-13-8)6-9(16)17/h5H,1,3-4,6H2,2H3,(H,16,17)(H2,11,12,18). The molecular formula is C10H15N5O3. The highest BCUT2D eigenvalue weighted by Gasteiger charge is 2.05. The summed E-state index contributed by atoms with van der Waals surface area (Å²) >= 11 is 0. The summed E-state index contributed by atoms with van der Waals surface area (Å²) in [5, 5.41) is 21.0.